The van der Waals surface area contributed by atoms with Crippen LogP contribution in [0.25, 0.3) is 0 Å². The molecule has 2 aliphatic rings. The van der Waals surface area contributed by atoms with E-state index in [0.29, 0.717) is 23.5 Å². The van der Waals surface area contributed by atoms with Crippen molar-refractivity contribution in [3.63, 3.8) is 0 Å². The van der Waals surface area contributed by atoms with Gasteiger partial charge in [-0.25, -0.2) is 0 Å². The van der Waals surface area contributed by atoms with Gasteiger partial charge in [-0.3, -0.25) is 4.79 Å². The Morgan fingerprint density at radius 2 is 2.41 bits per heavy atom. The van der Waals surface area contributed by atoms with Gasteiger partial charge in [-0.1, -0.05) is 5.16 Å². The fraction of sp³-hybridized carbons (Fsp3) is 0.818. The van der Waals surface area contributed by atoms with Gasteiger partial charge in [0.05, 0.1) is 22.6 Å². The second-order valence-corrected chi connectivity index (χ2v) is 5.94. The van der Waals surface area contributed by atoms with Gasteiger partial charge in [0.15, 0.2) is 0 Å². The van der Waals surface area contributed by atoms with Gasteiger partial charge in [0.2, 0.25) is 0 Å². The molecular formula is C11H16ClNO3S. The summed E-state index contributed by atoms with van der Waals surface area (Å²) < 4.78 is 4.91. The fourth-order valence-corrected chi connectivity index (χ4v) is 4.15. The molecule has 0 heterocycles. The molecule has 0 saturated heterocycles. The molecule has 2 bridgehead atoms. The highest BCUT2D eigenvalue weighted by Crippen LogP contribution is 2.47. The third-order valence-electron chi connectivity index (χ3n) is 3.45. The number of nitrogens with zero attached hydrogens (tertiary/aromatic N) is 1. The number of hydrogen-bond donors (Lipinski definition) is 1. The van der Waals surface area contributed by atoms with Gasteiger partial charge < -0.3 is 9.94 Å². The first-order valence-electron chi connectivity index (χ1n) is 5.81. The Kier molecular flexibility index (Phi) is 4.56. The average molecular weight is 278 g/mol. The Hall–Kier alpha value is -0.420. The number of oxime groups is 1. The lowest BCUT2D eigenvalue weighted by atomic mass is 9.98. The summed E-state index contributed by atoms with van der Waals surface area (Å²) >= 11 is 6.96. The minimum absolute atomic E-state index is 0.197. The van der Waals surface area contributed by atoms with Gasteiger partial charge in [-0.2, -0.15) is 0 Å². The first-order chi connectivity index (χ1) is 8.26. The molecule has 0 radical (unpaired) electrons. The van der Waals surface area contributed by atoms with Crippen molar-refractivity contribution in [2.75, 3.05) is 18.2 Å². The number of rotatable bonds is 5. The fourth-order valence-electron chi connectivity index (χ4n) is 2.75. The lowest BCUT2D eigenvalue weighted by molar-refractivity contribution is -0.139. The lowest BCUT2D eigenvalue weighted by Gasteiger charge is -2.21. The Bertz CT molecular complexity index is 324. The summed E-state index contributed by atoms with van der Waals surface area (Å²) in [6.45, 7) is 0.263. The largest absolute Gasteiger partial charge is 0.464 e. The minimum Gasteiger partial charge on any atom is -0.464 e. The lowest BCUT2D eigenvalue weighted by Crippen LogP contribution is -2.26. The van der Waals surface area contributed by atoms with Crippen LogP contribution < -0.4 is 0 Å². The predicted octanol–water partition coefficient (Wildman–Crippen LogP) is 2.13. The van der Waals surface area contributed by atoms with Gasteiger partial charge in [-0.15, -0.1) is 23.4 Å². The average Bonchev–Trinajstić information content (AvgIpc) is 2.93. The Morgan fingerprint density at radius 1 is 1.59 bits per heavy atom. The van der Waals surface area contributed by atoms with Crippen LogP contribution in [0.5, 0.6) is 0 Å². The van der Waals surface area contributed by atoms with Crippen molar-refractivity contribution in [1.82, 2.24) is 0 Å². The third kappa shape index (κ3) is 2.88. The first-order valence-corrected chi connectivity index (χ1v) is 7.39. The van der Waals surface area contributed by atoms with E-state index in [4.69, 9.17) is 21.5 Å². The number of thioether (sulfide) groups is 1. The molecule has 2 aliphatic carbocycles. The van der Waals surface area contributed by atoms with E-state index >= 15 is 0 Å². The maximum absolute atomic E-state index is 11.4. The summed E-state index contributed by atoms with van der Waals surface area (Å²) in [6, 6.07) is 0. The van der Waals surface area contributed by atoms with Crippen LogP contribution in [0.15, 0.2) is 5.16 Å². The predicted molar refractivity (Wildman–Crippen MR) is 68.0 cm³/mol. The molecule has 1 N–H and O–H groups in total. The maximum atomic E-state index is 11.4. The van der Waals surface area contributed by atoms with Crippen LogP contribution in [0.4, 0.5) is 0 Å². The summed E-state index contributed by atoms with van der Waals surface area (Å²) in [6.07, 6.45) is 3.41. The molecule has 2 fully saturated rings. The molecule has 0 amide bonds. The van der Waals surface area contributed by atoms with Gasteiger partial charge in [0, 0.05) is 5.92 Å². The highest BCUT2D eigenvalue weighted by Gasteiger charge is 2.45. The molecule has 0 aromatic rings. The maximum Gasteiger partial charge on any atom is 0.315 e. The van der Waals surface area contributed by atoms with Crippen LogP contribution >= 0.6 is 23.4 Å². The van der Waals surface area contributed by atoms with E-state index in [1.807, 2.05) is 0 Å². The molecule has 2 saturated carbocycles. The summed E-state index contributed by atoms with van der Waals surface area (Å²) in [5.41, 5.74) is 0.872. The van der Waals surface area contributed by atoms with E-state index < -0.39 is 0 Å². The van der Waals surface area contributed by atoms with Gasteiger partial charge in [-0.05, 0) is 25.2 Å². The molecule has 0 aliphatic heterocycles. The molecule has 0 aromatic heterocycles. The van der Waals surface area contributed by atoms with Crippen LogP contribution in [0.1, 0.15) is 19.3 Å². The monoisotopic (exact) mass is 277 g/mol. The molecule has 3 unspecified atom stereocenters. The van der Waals surface area contributed by atoms with Crippen LogP contribution in [0.3, 0.4) is 0 Å². The zero-order chi connectivity index (χ0) is 12.3. The van der Waals surface area contributed by atoms with E-state index in [1.54, 1.807) is 0 Å². The van der Waals surface area contributed by atoms with Crippen LogP contribution in [0.2, 0.25) is 0 Å². The molecule has 17 heavy (non-hydrogen) atoms. The van der Waals surface area contributed by atoms with Crippen molar-refractivity contribution in [2.24, 2.45) is 17.0 Å². The summed E-state index contributed by atoms with van der Waals surface area (Å²) in [4.78, 5) is 11.4. The number of fused-ring (bicyclic) bond motifs is 2. The molecular weight excluding hydrogens is 262 g/mol. The molecule has 4 nitrogen and oxygen atoms in total. The van der Waals surface area contributed by atoms with Gasteiger partial charge in [0.25, 0.3) is 0 Å². The van der Waals surface area contributed by atoms with Crippen LogP contribution in [-0.2, 0) is 9.53 Å². The molecule has 0 spiro atoms. The van der Waals surface area contributed by atoms with Crippen molar-refractivity contribution < 1.29 is 14.7 Å². The van der Waals surface area contributed by atoms with E-state index in [0.717, 1.165) is 18.6 Å². The smallest absolute Gasteiger partial charge is 0.315 e. The molecule has 96 valence electrons. The number of esters is 1. The van der Waals surface area contributed by atoms with Crippen LogP contribution in [-0.4, -0.2) is 40.4 Å². The number of carbonyl (C=O) groups is 1. The summed E-state index contributed by atoms with van der Waals surface area (Å²) in [7, 11) is 0. The number of hydrogen-bond acceptors (Lipinski definition) is 5. The Labute approximate surface area is 110 Å². The molecule has 3 atom stereocenters. The number of alkyl halides is 1. The van der Waals surface area contributed by atoms with Gasteiger partial charge in [0.1, 0.15) is 6.61 Å². The Morgan fingerprint density at radius 3 is 3.12 bits per heavy atom. The van der Waals surface area contributed by atoms with Crippen molar-refractivity contribution in [1.29, 1.82) is 0 Å². The van der Waals surface area contributed by atoms with E-state index in [1.165, 1.54) is 18.2 Å². The molecule has 0 aromatic carbocycles. The highest BCUT2D eigenvalue weighted by molar-refractivity contribution is 8.01. The zero-order valence-corrected chi connectivity index (χ0v) is 11.0. The quantitative estimate of drug-likeness (QED) is 0.362. The summed E-state index contributed by atoms with van der Waals surface area (Å²) in [5, 5.41) is 12.6. The van der Waals surface area contributed by atoms with Crippen molar-refractivity contribution in [3.05, 3.63) is 0 Å². The molecule has 2 rings (SSSR count). The zero-order valence-electron chi connectivity index (χ0n) is 9.47. The summed E-state index contributed by atoms with van der Waals surface area (Å²) in [5.74, 6) is 1.39. The SMILES string of the molecule is O=C(CSC1C(=NO)C2CCC1C2)OCCCl. The number of halogens is 1. The van der Waals surface area contributed by atoms with Crippen LogP contribution in [0, 0.1) is 11.8 Å². The first kappa shape index (κ1) is 13.0. The topological polar surface area (TPSA) is 58.9 Å². The number of ether oxygens (including phenoxy) is 1. The Balaban J connectivity index is 1.81. The number of carbonyl (C=O) groups excluding carboxylic acids is 1. The third-order valence-corrected chi connectivity index (χ3v) is 4.99. The van der Waals surface area contributed by atoms with E-state index in [9.17, 15) is 4.79 Å². The van der Waals surface area contributed by atoms with Crippen molar-refractivity contribution >= 4 is 35.0 Å². The molecule has 6 heteroatoms. The van der Waals surface area contributed by atoms with E-state index in [-0.39, 0.29) is 17.8 Å². The minimum atomic E-state index is -0.240. The second kappa shape index (κ2) is 5.96. The normalized spacial score (nSPS) is 33.2. The van der Waals surface area contributed by atoms with Crippen molar-refractivity contribution in [2.45, 2.75) is 24.5 Å². The highest BCUT2D eigenvalue weighted by atomic mass is 35.5. The van der Waals surface area contributed by atoms with Crippen molar-refractivity contribution in [3.8, 4) is 0 Å². The van der Waals surface area contributed by atoms with E-state index in [2.05, 4.69) is 5.16 Å². The van der Waals surface area contributed by atoms with Gasteiger partial charge >= 0.3 is 5.97 Å². The second-order valence-electron chi connectivity index (χ2n) is 4.44. The standard InChI is InChI=1S/C11H16ClNO3S/c12-3-4-16-9(14)6-17-11-8-2-1-7(5-8)10(11)13-15/h7-8,11,15H,1-6H2.